The molecular weight excluding hydrogens is 732 g/mol. The van der Waals surface area contributed by atoms with E-state index in [-0.39, 0.29) is 0 Å². The van der Waals surface area contributed by atoms with E-state index in [4.69, 9.17) is 0 Å². The van der Waals surface area contributed by atoms with E-state index in [1.807, 2.05) is 0 Å². The molecular formula is C32H30Br4N2. The number of hydrogen-bond donors (Lipinski definition) is 0. The Balaban J connectivity index is 0.000000155. The Hall–Kier alpha value is -1.60. The molecule has 4 aromatic carbocycles. The fourth-order valence-electron chi connectivity index (χ4n) is 5.20. The lowest BCUT2D eigenvalue weighted by molar-refractivity contribution is 0.665. The van der Waals surface area contributed by atoms with Crippen molar-refractivity contribution in [1.82, 2.24) is 9.13 Å². The van der Waals surface area contributed by atoms with Gasteiger partial charge in [0, 0.05) is 63.6 Å². The highest BCUT2D eigenvalue weighted by Gasteiger charge is 2.12. The molecule has 0 saturated carbocycles. The van der Waals surface area contributed by atoms with Crippen LogP contribution in [0.5, 0.6) is 0 Å². The fourth-order valence-corrected chi connectivity index (χ4v) is 6.62. The lowest BCUT2D eigenvalue weighted by Gasteiger charge is -2.06. The zero-order valence-corrected chi connectivity index (χ0v) is 27.9. The van der Waals surface area contributed by atoms with E-state index in [1.165, 1.54) is 69.3 Å². The largest absolute Gasteiger partial charge is 0.340 e. The van der Waals surface area contributed by atoms with Gasteiger partial charge in [-0.1, -0.05) is 103 Å². The van der Waals surface area contributed by atoms with Crippen molar-refractivity contribution in [2.24, 2.45) is 0 Å². The van der Waals surface area contributed by atoms with Crippen LogP contribution in [0.3, 0.4) is 0 Å². The molecule has 0 aliphatic carbocycles. The zero-order chi connectivity index (χ0) is 26.8. The number of benzene rings is 4. The van der Waals surface area contributed by atoms with Crippen molar-refractivity contribution in [1.29, 1.82) is 0 Å². The van der Waals surface area contributed by atoms with Crippen LogP contribution >= 0.6 is 63.7 Å². The van der Waals surface area contributed by atoms with Gasteiger partial charge in [0.15, 0.2) is 0 Å². The molecule has 2 heterocycles. The minimum atomic E-state index is 1.07. The molecule has 2 aromatic heterocycles. The predicted molar refractivity (Wildman–Crippen MR) is 180 cm³/mol. The maximum Gasteiger partial charge on any atom is 0.0502 e. The molecule has 0 aliphatic rings. The van der Waals surface area contributed by atoms with Gasteiger partial charge in [-0.2, -0.15) is 0 Å². The van der Waals surface area contributed by atoms with Crippen LogP contribution in [0, 0.1) is 0 Å². The molecule has 0 atom stereocenters. The maximum atomic E-state index is 3.58. The van der Waals surface area contributed by atoms with Crippen LogP contribution in [-0.4, -0.2) is 9.13 Å². The molecule has 196 valence electrons. The van der Waals surface area contributed by atoms with Crippen LogP contribution in [0.25, 0.3) is 43.6 Å². The molecule has 0 fully saturated rings. The molecule has 6 rings (SSSR count). The Morgan fingerprint density at radius 2 is 0.816 bits per heavy atom. The number of rotatable bonds is 6. The smallest absolute Gasteiger partial charge is 0.0502 e. The minimum Gasteiger partial charge on any atom is -0.340 e. The molecule has 0 saturated heterocycles. The molecule has 0 amide bonds. The van der Waals surface area contributed by atoms with Gasteiger partial charge in [0.1, 0.15) is 0 Å². The summed E-state index contributed by atoms with van der Waals surface area (Å²) in [6, 6.07) is 26.2. The Morgan fingerprint density at radius 3 is 1.24 bits per heavy atom. The number of aryl methyl sites for hydroxylation is 2. The molecule has 2 nitrogen and oxygen atoms in total. The Bertz CT molecular complexity index is 1630. The minimum absolute atomic E-state index is 1.07. The standard InChI is InChI=1S/2C16H15Br2N/c1-2-3-8-19-15-6-4-11(17)9-13(15)14-10-12(18)5-7-16(14)19;1-2-3-8-19-15-9-11(17)4-6-13(15)14-7-5-12(18)10-16(14)19/h2*4-7,9-10H,2-3,8H2,1H3. The van der Waals surface area contributed by atoms with Crippen LogP contribution in [0.15, 0.2) is 90.7 Å². The molecule has 0 bridgehead atoms. The molecule has 0 N–H and O–H groups in total. The topological polar surface area (TPSA) is 9.86 Å². The van der Waals surface area contributed by atoms with Crippen molar-refractivity contribution < 1.29 is 0 Å². The third-order valence-electron chi connectivity index (χ3n) is 7.05. The van der Waals surface area contributed by atoms with Gasteiger partial charge in [-0.25, -0.2) is 0 Å². The number of fused-ring (bicyclic) bond motifs is 6. The quantitative estimate of drug-likeness (QED) is 0.160. The Labute approximate surface area is 257 Å². The second-order valence-electron chi connectivity index (χ2n) is 9.66. The van der Waals surface area contributed by atoms with Gasteiger partial charge in [-0.05, 0) is 73.5 Å². The normalized spacial score (nSPS) is 11.5. The van der Waals surface area contributed by atoms with Gasteiger partial charge in [0.2, 0.25) is 0 Å². The molecule has 0 aliphatic heterocycles. The van der Waals surface area contributed by atoms with Crippen molar-refractivity contribution in [3.63, 3.8) is 0 Å². The lowest BCUT2D eigenvalue weighted by Crippen LogP contribution is -1.96. The lowest BCUT2D eigenvalue weighted by atomic mass is 10.2. The van der Waals surface area contributed by atoms with Crippen LogP contribution in [-0.2, 0) is 13.1 Å². The first-order valence-electron chi connectivity index (χ1n) is 13.1. The average Bonchev–Trinajstić information content (AvgIpc) is 3.36. The Morgan fingerprint density at radius 1 is 0.447 bits per heavy atom. The highest BCUT2D eigenvalue weighted by molar-refractivity contribution is 9.11. The van der Waals surface area contributed by atoms with Gasteiger partial charge < -0.3 is 9.13 Å². The summed E-state index contributed by atoms with van der Waals surface area (Å²) in [5.74, 6) is 0. The van der Waals surface area contributed by atoms with Crippen molar-refractivity contribution in [2.75, 3.05) is 0 Å². The first-order valence-corrected chi connectivity index (χ1v) is 16.3. The van der Waals surface area contributed by atoms with Crippen molar-refractivity contribution >= 4 is 107 Å². The van der Waals surface area contributed by atoms with Crippen molar-refractivity contribution in [2.45, 2.75) is 52.6 Å². The van der Waals surface area contributed by atoms with E-state index in [1.54, 1.807) is 0 Å². The zero-order valence-electron chi connectivity index (χ0n) is 21.6. The summed E-state index contributed by atoms with van der Waals surface area (Å²) in [7, 11) is 0. The van der Waals surface area contributed by atoms with Crippen molar-refractivity contribution in [3.05, 3.63) is 90.7 Å². The van der Waals surface area contributed by atoms with Crippen molar-refractivity contribution in [3.8, 4) is 0 Å². The van der Waals surface area contributed by atoms with E-state index in [0.717, 1.165) is 31.0 Å². The third-order valence-corrected chi connectivity index (χ3v) is 9.02. The van der Waals surface area contributed by atoms with E-state index in [0.29, 0.717) is 0 Å². The highest BCUT2D eigenvalue weighted by atomic mass is 79.9. The number of hydrogen-bond acceptors (Lipinski definition) is 0. The molecule has 0 spiro atoms. The number of nitrogens with zero attached hydrogens (tertiary/aromatic N) is 2. The fraction of sp³-hybridized carbons (Fsp3) is 0.250. The second kappa shape index (κ2) is 12.3. The summed E-state index contributed by atoms with van der Waals surface area (Å²) >= 11 is 14.3. The first-order chi connectivity index (χ1) is 18.4. The van der Waals surface area contributed by atoms with Gasteiger partial charge in [0.25, 0.3) is 0 Å². The molecule has 0 unspecified atom stereocenters. The average molecular weight is 762 g/mol. The molecule has 38 heavy (non-hydrogen) atoms. The van der Waals surface area contributed by atoms with Crippen LogP contribution in [0.4, 0.5) is 0 Å². The number of aromatic nitrogens is 2. The first kappa shape index (κ1) is 27.9. The van der Waals surface area contributed by atoms with Gasteiger partial charge in [-0.15, -0.1) is 0 Å². The van der Waals surface area contributed by atoms with Gasteiger partial charge >= 0.3 is 0 Å². The monoisotopic (exact) mass is 758 g/mol. The highest BCUT2D eigenvalue weighted by Crippen LogP contribution is 2.34. The summed E-state index contributed by atoms with van der Waals surface area (Å²) in [6.07, 6.45) is 4.85. The summed E-state index contributed by atoms with van der Waals surface area (Å²) in [5.41, 5.74) is 5.28. The number of halogens is 4. The second-order valence-corrected chi connectivity index (χ2v) is 13.3. The summed E-state index contributed by atoms with van der Waals surface area (Å²) in [4.78, 5) is 0. The van der Waals surface area contributed by atoms with E-state index < -0.39 is 0 Å². The van der Waals surface area contributed by atoms with E-state index in [9.17, 15) is 0 Å². The maximum absolute atomic E-state index is 3.58. The van der Waals surface area contributed by atoms with E-state index in [2.05, 4.69) is 159 Å². The molecule has 6 aromatic rings. The molecule has 6 heteroatoms. The van der Waals surface area contributed by atoms with Crippen LogP contribution < -0.4 is 0 Å². The molecule has 0 radical (unpaired) electrons. The summed E-state index contributed by atoms with van der Waals surface area (Å²) < 4.78 is 9.42. The summed E-state index contributed by atoms with van der Waals surface area (Å²) in [6.45, 7) is 6.63. The SMILES string of the molecule is CCCCn1c2cc(Br)ccc2c2ccc(Br)cc21.CCCCn1c2ccc(Br)cc2c2cc(Br)ccc21. The predicted octanol–water partition coefficient (Wildman–Crippen LogP) is 12.2. The van der Waals surface area contributed by atoms with Gasteiger partial charge in [0.05, 0.1) is 11.0 Å². The Kier molecular flexibility index (Phi) is 9.03. The van der Waals surface area contributed by atoms with E-state index >= 15 is 0 Å². The van der Waals surface area contributed by atoms with Crippen LogP contribution in [0.2, 0.25) is 0 Å². The van der Waals surface area contributed by atoms with Gasteiger partial charge in [-0.3, -0.25) is 0 Å². The number of unbranched alkanes of at least 4 members (excludes halogenated alkanes) is 2. The third kappa shape index (κ3) is 5.65. The van der Waals surface area contributed by atoms with Crippen LogP contribution in [0.1, 0.15) is 39.5 Å². The summed E-state index contributed by atoms with van der Waals surface area (Å²) in [5, 5.41) is 5.31.